The second kappa shape index (κ2) is 4.80. The lowest BCUT2D eigenvalue weighted by atomic mass is 10.1. The monoisotopic (exact) mass is 307 g/mol. The molecule has 2 heterocycles. The van der Waals surface area contributed by atoms with Crippen LogP contribution in [0, 0.1) is 25.5 Å². The van der Waals surface area contributed by atoms with Crippen LogP contribution in [-0.2, 0) is 0 Å². The number of halogens is 2. The first-order valence-electron chi connectivity index (χ1n) is 6.58. The Kier molecular flexibility index (Phi) is 3.20. The normalized spacial score (nSPS) is 13.0. The molecule has 110 valence electrons. The van der Waals surface area contributed by atoms with Crippen LogP contribution >= 0.6 is 11.3 Å². The summed E-state index contributed by atoms with van der Waals surface area (Å²) in [5, 5.41) is 0. The molecular formula is C15H15F2N3S. The highest BCUT2D eigenvalue weighted by Gasteiger charge is 2.20. The van der Waals surface area contributed by atoms with Crippen molar-refractivity contribution in [1.82, 2.24) is 9.55 Å². The lowest BCUT2D eigenvalue weighted by Gasteiger charge is -2.16. The highest BCUT2D eigenvalue weighted by Crippen LogP contribution is 2.33. The second-order valence-electron chi connectivity index (χ2n) is 5.14. The minimum atomic E-state index is -0.694. The Morgan fingerprint density at radius 3 is 2.57 bits per heavy atom. The molecule has 21 heavy (non-hydrogen) atoms. The largest absolute Gasteiger partial charge is 0.369 e. The van der Waals surface area contributed by atoms with Crippen LogP contribution in [0.2, 0.25) is 0 Å². The van der Waals surface area contributed by atoms with E-state index in [1.807, 2.05) is 20.8 Å². The highest BCUT2D eigenvalue weighted by molar-refractivity contribution is 7.12. The molecule has 0 fully saturated rings. The van der Waals surface area contributed by atoms with Crippen LogP contribution in [0.3, 0.4) is 0 Å². The fourth-order valence-electron chi connectivity index (χ4n) is 2.75. The van der Waals surface area contributed by atoms with E-state index in [1.54, 1.807) is 15.9 Å². The molecule has 0 radical (unpaired) electrons. The van der Waals surface area contributed by atoms with Gasteiger partial charge >= 0.3 is 0 Å². The van der Waals surface area contributed by atoms with Crippen molar-refractivity contribution in [3.05, 3.63) is 45.2 Å². The summed E-state index contributed by atoms with van der Waals surface area (Å²) in [7, 11) is 0. The lowest BCUT2D eigenvalue weighted by Crippen LogP contribution is -2.10. The van der Waals surface area contributed by atoms with E-state index in [2.05, 4.69) is 11.1 Å². The zero-order chi connectivity index (χ0) is 15.3. The van der Waals surface area contributed by atoms with E-state index in [0.717, 1.165) is 16.5 Å². The van der Waals surface area contributed by atoms with Gasteiger partial charge in [-0.25, -0.2) is 13.8 Å². The van der Waals surface area contributed by atoms with Gasteiger partial charge in [0.05, 0.1) is 11.6 Å². The molecule has 1 atom stereocenters. The molecule has 6 heteroatoms. The van der Waals surface area contributed by atoms with Gasteiger partial charge in [0.2, 0.25) is 5.95 Å². The van der Waals surface area contributed by atoms with E-state index in [4.69, 9.17) is 5.73 Å². The smallest absolute Gasteiger partial charge is 0.201 e. The van der Waals surface area contributed by atoms with E-state index in [0.29, 0.717) is 5.52 Å². The third-order valence-corrected chi connectivity index (χ3v) is 4.64. The highest BCUT2D eigenvalue weighted by atomic mass is 32.1. The SMILES string of the molecule is Cc1cc(C(C)n2c(N)nc3c(F)cc(F)cc32)c(C)s1. The summed E-state index contributed by atoms with van der Waals surface area (Å²) in [5.74, 6) is -1.14. The molecule has 1 unspecified atom stereocenters. The Morgan fingerprint density at radius 2 is 1.95 bits per heavy atom. The average molecular weight is 307 g/mol. The van der Waals surface area contributed by atoms with Gasteiger partial charge in [-0.2, -0.15) is 0 Å². The number of benzene rings is 1. The van der Waals surface area contributed by atoms with Crippen molar-refractivity contribution in [2.24, 2.45) is 0 Å². The fraction of sp³-hybridized carbons (Fsp3) is 0.267. The molecule has 0 spiro atoms. The number of nitrogens with zero attached hydrogens (tertiary/aromatic N) is 2. The number of thiophene rings is 1. The summed E-state index contributed by atoms with van der Waals surface area (Å²) in [6.45, 7) is 6.01. The third-order valence-electron chi connectivity index (χ3n) is 3.66. The maximum absolute atomic E-state index is 13.8. The third kappa shape index (κ3) is 2.19. The first-order valence-corrected chi connectivity index (χ1v) is 7.39. The number of imidazole rings is 1. The van der Waals surface area contributed by atoms with Gasteiger partial charge in [-0.05, 0) is 32.4 Å². The molecule has 3 nitrogen and oxygen atoms in total. The Hall–Kier alpha value is -1.95. The van der Waals surface area contributed by atoms with Gasteiger partial charge < -0.3 is 10.3 Å². The zero-order valence-electron chi connectivity index (χ0n) is 11.9. The molecule has 3 rings (SSSR count). The molecule has 3 aromatic rings. The first-order chi connectivity index (χ1) is 9.88. The summed E-state index contributed by atoms with van der Waals surface area (Å²) in [5.41, 5.74) is 7.50. The van der Waals surface area contributed by atoms with E-state index in [1.165, 1.54) is 10.9 Å². The predicted molar refractivity (Wildman–Crippen MR) is 81.7 cm³/mol. The van der Waals surface area contributed by atoms with Gasteiger partial charge in [-0.1, -0.05) is 0 Å². The molecular weight excluding hydrogens is 292 g/mol. The first kappa shape index (κ1) is 14.0. The Bertz CT molecular complexity index is 835. The van der Waals surface area contributed by atoms with Crippen LogP contribution in [0.15, 0.2) is 18.2 Å². The van der Waals surface area contributed by atoms with Crippen molar-refractivity contribution in [2.45, 2.75) is 26.8 Å². The number of rotatable bonds is 2. The molecule has 2 aromatic heterocycles. The van der Waals surface area contributed by atoms with Gasteiger partial charge in [-0.3, -0.25) is 0 Å². The Morgan fingerprint density at radius 1 is 1.24 bits per heavy atom. The van der Waals surface area contributed by atoms with Crippen LogP contribution in [0.25, 0.3) is 11.0 Å². The van der Waals surface area contributed by atoms with E-state index in [-0.39, 0.29) is 17.5 Å². The minimum absolute atomic E-state index is 0.102. The van der Waals surface area contributed by atoms with Crippen molar-refractivity contribution in [3.63, 3.8) is 0 Å². The number of nitrogens with two attached hydrogens (primary N) is 1. The van der Waals surface area contributed by atoms with Crippen molar-refractivity contribution in [1.29, 1.82) is 0 Å². The zero-order valence-corrected chi connectivity index (χ0v) is 12.8. The molecule has 2 N–H and O–H groups in total. The topological polar surface area (TPSA) is 43.8 Å². The Balaban J connectivity index is 2.24. The van der Waals surface area contributed by atoms with E-state index < -0.39 is 11.6 Å². The van der Waals surface area contributed by atoms with Crippen LogP contribution < -0.4 is 5.73 Å². The fourth-order valence-corrected chi connectivity index (χ4v) is 3.77. The number of aromatic nitrogens is 2. The van der Waals surface area contributed by atoms with Crippen molar-refractivity contribution >= 4 is 28.3 Å². The molecule has 0 saturated carbocycles. The molecule has 0 saturated heterocycles. The summed E-state index contributed by atoms with van der Waals surface area (Å²) < 4.78 is 29.0. The van der Waals surface area contributed by atoms with E-state index in [9.17, 15) is 8.78 Å². The van der Waals surface area contributed by atoms with Gasteiger partial charge in [0, 0.05) is 21.9 Å². The number of hydrogen-bond donors (Lipinski definition) is 1. The standard InChI is InChI=1S/C15H15F2N3S/c1-7-4-11(9(3)21-7)8(2)20-13-6-10(16)5-12(17)14(13)19-15(20)18/h4-6,8H,1-3H3,(H2,18,19). The van der Waals surface area contributed by atoms with Crippen molar-refractivity contribution in [3.8, 4) is 0 Å². The summed E-state index contributed by atoms with van der Waals surface area (Å²) in [6.07, 6.45) is 0. The molecule has 0 amide bonds. The quantitative estimate of drug-likeness (QED) is 0.771. The summed E-state index contributed by atoms with van der Waals surface area (Å²) in [4.78, 5) is 6.39. The van der Waals surface area contributed by atoms with Gasteiger partial charge in [0.15, 0.2) is 5.82 Å². The van der Waals surface area contributed by atoms with Crippen molar-refractivity contribution in [2.75, 3.05) is 5.73 Å². The molecule has 0 aliphatic carbocycles. The molecule has 0 aliphatic rings. The summed E-state index contributed by atoms with van der Waals surface area (Å²) >= 11 is 1.69. The molecule has 1 aromatic carbocycles. The van der Waals surface area contributed by atoms with Gasteiger partial charge in [-0.15, -0.1) is 11.3 Å². The number of hydrogen-bond acceptors (Lipinski definition) is 3. The van der Waals surface area contributed by atoms with Crippen LogP contribution in [0.4, 0.5) is 14.7 Å². The minimum Gasteiger partial charge on any atom is -0.369 e. The number of aryl methyl sites for hydroxylation is 2. The number of fused-ring (bicyclic) bond motifs is 1. The van der Waals surface area contributed by atoms with Crippen LogP contribution in [0.5, 0.6) is 0 Å². The predicted octanol–water partition coefficient (Wildman–Crippen LogP) is 4.18. The maximum atomic E-state index is 13.8. The maximum Gasteiger partial charge on any atom is 0.201 e. The van der Waals surface area contributed by atoms with Crippen molar-refractivity contribution < 1.29 is 8.78 Å². The average Bonchev–Trinajstić information content (AvgIpc) is 2.88. The van der Waals surface area contributed by atoms with Crippen LogP contribution in [-0.4, -0.2) is 9.55 Å². The summed E-state index contributed by atoms with van der Waals surface area (Å²) in [6, 6.07) is 4.03. The lowest BCUT2D eigenvalue weighted by molar-refractivity contribution is 0.588. The molecule has 0 bridgehead atoms. The Labute approximate surface area is 125 Å². The number of anilines is 1. The molecule has 0 aliphatic heterocycles. The van der Waals surface area contributed by atoms with E-state index >= 15 is 0 Å². The second-order valence-corrected chi connectivity index (χ2v) is 6.60. The number of nitrogen functional groups attached to an aromatic ring is 1. The van der Waals surface area contributed by atoms with Crippen LogP contribution in [0.1, 0.15) is 28.3 Å². The van der Waals surface area contributed by atoms with Gasteiger partial charge in [0.25, 0.3) is 0 Å². The van der Waals surface area contributed by atoms with Gasteiger partial charge in [0.1, 0.15) is 11.3 Å².